The number of anilines is 4. The normalized spacial score (nSPS) is 12.8. The van der Waals surface area contributed by atoms with E-state index < -0.39 is 0 Å². The predicted molar refractivity (Wildman–Crippen MR) is 113 cm³/mol. The van der Waals surface area contributed by atoms with Crippen LogP contribution in [0.5, 0.6) is 5.75 Å². The molecule has 1 aromatic heterocycles. The number of aromatic nitrogens is 2. The molecule has 0 unspecified atom stereocenters. The molecule has 0 aliphatic carbocycles. The fourth-order valence-electron chi connectivity index (χ4n) is 3.48. The van der Waals surface area contributed by atoms with Gasteiger partial charge >= 0.3 is 0 Å². The van der Waals surface area contributed by atoms with E-state index in [0.29, 0.717) is 11.5 Å². The molecule has 0 bridgehead atoms. The van der Waals surface area contributed by atoms with Crippen molar-refractivity contribution >= 4 is 29.0 Å². The lowest BCUT2D eigenvalue weighted by molar-refractivity contribution is 0.0963. The second kappa shape index (κ2) is 8.18. The Balaban J connectivity index is 1.56. The zero-order chi connectivity index (χ0) is 20.2. The number of rotatable bonds is 5. The molecule has 2 N–H and O–H groups in total. The lowest BCUT2D eigenvalue weighted by Crippen LogP contribution is -2.25. The number of hydrogen-bond acceptors (Lipinski definition) is 6. The van der Waals surface area contributed by atoms with Gasteiger partial charge in [-0.15, -0.1) is 0 Å². The summed E-state index contributed by atoms with van der Waals surface area (Å²) in [5, 5.41) is 5.82. The summed E-state index contributed by atoms with van der Waals surface area (Å²) in [5.74, 6) is 2.11. The Morgan fingerprint density at radius 3 is 2.72 bits per heavy atom. The van der Waals surface area contributed by atoms with E-state index in [-0.39, 0.29) is 5.91 Å². The number of carbonyl (C=O) groups is 1. The first-order valence-corrected chi connectivity index (χ1v) is 9.54. The Bertz CT molecular complexity index is 1020. The molecule has 7 nitrogen and oxygen atoms in total. The van der Waals surface area contributed by atoms with E-state index in [4.69, 9.17) is 9.72 Å². The summed E-state index contributed by atoms with van der Waals surface area (Å²) >= 11 is 0. The summed E-state index contributed by atoms with van der Waals surface area (Å²) in [6.45, 7) is 0.899. The minimum atomic E-state index is -0.116. The van der Waals surface area contributed by atoms with E-state index in [1.165, 1.54) is 5.56 Å². The van der Waals surface area contributed by atoms with Crippen molar-refractivity contribution in [1.29, 1.82) is 0 Å². The van der Waals surface area contributed by atoms with Crippen LogP contribution in [-0.2, 0) is 6.42 Å². The molecular formula is C22H23N5O2. The highest BCUT2D eigenvalue weighted by Crippen LogP contribution is 2.35. The van der Waals surface area contributed by atoms with Crippen molar-refractivity contribution in [3.8, 4) is 5.75 Å². The van der Waals surface area contributed by atoms with Crippen LogP contribution >= 0.6 is 0 Å². The summed E-state index contributed by atoms with van der Waals surface area (Å²) in [4.78, 5) is 22.9. The van der Waals surface area contributed by atoms with E-state index in [1.807, 2.05) is 24.3 Å². The predicted octanol–water partition coefficient (Wildman–Crippen LogP) is 3.67. The standard InChI is InChI=1S/C22H23N5O2/c1-23-21(28)15-5-7-17(8-6-15)25-22-24-12-11-20(26-22)27-13-3-4-16-14-18(29-2)9-10-19(16)27/h5-12,14H,3-4,13H2,1-2H3,(H,23,28)(H,24,25,26). The van der Waals surface area contributed by atoms with Crippen molar-refractivity contribution in [3.05, 3.63) is 65.9 Å². The Labute approximate surface area is 169 Å². The van der Waals surface area contributed by atoms with Gasteiger partial charge in [0.25, 0.3) is 5.91 Å². The molecule has 29 heavy (non-hydrogen) atoms. The first-order valence-electron chi connectivity index (χ1n) is 9.54. The largest absolute Gasteiger partial charge is 0.497 e. The van der Waals surface area contributed by atoms with Gasteiger partial charge in [0.15, 0.2) is 0 Å². The Hall–Kier alpha value is -3.61. The maximum Gasteiger partial charge on any atom is 0.251 e. The maximum absolute atomic E-state index is 11.7. The molecule has 2 heterocycles. The quantitative estimate of drug-likeness (QED) is 0.693. The molecular weight excluding hydrogens is 366 g/mol. The summed E-state index contributed by atoms with van der Waals surface area (Å²) in [5.41, 5.74) is 3.83. The minimum absolute atomic E-state index is 0.116. The monoisotopic (exact) mass is 389 g/mol. The van der Waals surface area contributed by atoms with E-state index >= 15 is 0 Å². The lowest BCUT2D eigenvalue weighted by atomic mass is 10.0. The number of aryl methyl sites for hydroxylation is 1. The van der Waals surface area contributed by atoms with E-state index in [1.54, 1.807) is 32.5 Å². The number of benzene rings is 2. The van der Waals surface area contributed by atoms with Crippen molar-refractivity contribution in [2.24, 2.45) is 0 Å². The summed E-state index contributed by atoms with van der Waals surface area (Å²) in [6, 6.07) is 15.3. The second-order valence-corrected chi connectivity index (χ2v) is 6.77. The first-order chi connectivity index (χ1) is 14.2. The smallest absolute Gasteiger partial charge is 0.251 e. The number of amides is 1. The van der Waals surface area contributed by atoms with Crippen LogP contribution in [0.3, 0.4) is 0 Å². The fourth-order valence-corrected chi connectivity index (χ4v) is 3.48. The lowest BCUT2D eigenvalue weighted by Gasteiger charge is -2.30. The maximum atomic E-state index is 11.7. The third kappa shape index (κ3) is 3.99. The van der Waals surface area contributed by atoms with Gasteiger partial charge in [-0.25, -0.2) is 4.98 Å². The SMILES string of the molecule is CNC(=O)c1ccc(Nc2nccc(N3CCCc4cc(OC)ccc43)n2)cc1. The van der Waals surface area contributed by atoms with Gasteiger partial charge in [-0.1, -0.05) is 0 Å². The molecule has 7 heteroatoms. The molecule has 0 radical (unpaired) electrons. The molecule has 2 aromatic carbocycles. The van der Waals surface area contributed by atoms with E-state index in [9.17, 15) is 4.79 Å². The minimum Gasteiger partial charge on any atom is -0.497 e. The summed E-state index contributed by atoms with van der Waals surface area (Å²) < 4.78 is 5.36. The zero-order valence-corrected chi connectivity index (χ0v) is 16.5. The number of fused-ring (bicyclic) bond motifs is 1. The van der Waals surface area contributed by atoms with Gasteiger partial charge in [-0.05, 0) is 66.9 Å². The van der Waals surface area contributed by atoms with Crippen LogP contribution in [0.2, 0.25) is 0 Å². The number of carbonyl (C=O) groups excluding carboxylic acids is 1. The Morgan fingerprint density at radius 1 is 1.14 bits per heavy atom. The Morgan fingerprint density at radius 2 is 1.97 bits per heavy atom. The fraction of sp³-hybridized carbons (Fsp3) is 0.227. The average Bonchev–Trinajstić information content (AvgIpc) is 2.78. The molecule has 1 aliphatic rings. The van der Waals surface area contributed by atoms with Crippen LogP contribution in [-0.4, -0.2) is 36.6 Å². The van der Waals surface area contributed by atoms with Gasteiger partial charge < -0.3 is 20.3 Å². The average molecular weight is 389 g/mol. The van der Waals surface area contributed by atoms with Crippen molar-refractivity contribution in [2.75, 3.05) is 30.9 Å². The van der Waals surface area contributed by atoms with Gasteiger partial charge in [0.05, 0.1) is 7.11 Å². The molecule has 0 fully saturated rings. The number of methoxy groups -OCH3 is 1. The molecule has 3 aromatic rings. The molecule has 4 rings (SSSR count). The van der Waals surface area contributed by atoms with Gasteiger partial charge in [0, 0.05) is 36.7 Å². The zero-order valence-electron chi connectivity index (χ0n) is 16.5. The molecule has 0 saturated carbocycles. The molecule has 148 valence electrons. The van der Waals surface area contributed by atoms with Crippen LogP contribution in [0.15, 0.2) is 54.7 Å². The van der Waals surface area contributed by atoms with Crippen LogP contribution < -0.4 is 20.3 Å². The topological polar surface area (TPSA) is 79.4 Å². The van der Waals surface area contributed by atoms with Crippen molar-refractivity contribution in [3.63, 3.8) is 0 Å². The summed E-state index contributed by atoms with van der Waals surface area (Å²) in [6.07, 6.45) is 3.83. The van der Waals surface area contributed by atoms with Crippen LogP contribution in [0.25, 0.3) is 0 Å². The highest BCUT2D eigenvalue weighted by Gasteiger charge is 2.20. The number of hydrogen-bond donors (Lipinski definition) is 2. The van der Waals surface area contributed by atoms with Crippen molar-refractivity contribution in [1.82, 2.24) is 15.3 Å². The van der Waals surface area contributed by atoms with Gasteiger partial charge in [0.2, 0.25) is 5.95 Å². The Kier molecular flexibility index (Phi) is 5.29. The summed E-state index contributed by atoms with van der Waals surface area (Å²) in [7, 11) is 3.30. The van der Waals surface area contributed by atoms with Gasteiger partial charge in [-0.3, -0.25) is 4.79 Å². The van der Waals surface area contributed by atoms with Gasteiger partial charge in [-0.2, -0.15) is 4.98 Å². The van der Waals surface area contributed by atoms with Crippen molar-refractivity contribution in [2.45, 2.75) is 12.8 Å². The molecule has 0 atom stereocenters. The highest BCUT2D eigenvalue weighted by atomic mass is 16.5. The van der Waals surface area contributed by atoms with Crippen LogP contribution in [0.1, 0.15) is 22.3 Å². The van der Waals surface area contributed by atoms with Crippen molar-refractivity contribution < 1.29 is 9.53 Å². The third-order valence-electron chi connectivity index (χ3n) is 4.95. The molecule has 1 amide bonds. The second-order valence-electron chi connectivity index (χ2n) is 6.77. The van der Waals surface area contributed by atoms with E-state index in [2.05, 4.69) is 32.7 Å². The third-order valence-corrected chi connectivity index (χ3v) is 4.95. The highest BCUT2D eigenvalue weighted by molar-refractivity contribution is 5.94. The molecule has 1 aliphatic heterocycles. The van der Waals surface area contributed by atoms with Crippen LogP contribution in [0.4, 0.5) is 23.1 Å². The molecule has 0 saturated heterocycles. The number of nitrogens with one attached hydrogen (secondary N) is 2. The molecule has 0 spiro atoms. The first kappa shape index (κ1) is 18.7. The van der Waals surface area contributed by atoms with Gasteiger partial charge in [0.1, 0.15) is 11.6 Å². The van der Waals surface area contributed by atoms with Crippen LogP contribution in [0, 0.1) is 0 Å². The number of ether oxygens (including phenoxy) is 1. The van der Waals surface area contributed by atoms with E-state index in [0.717, 1.165) is 42.3 Å². The number of nitrogens with zero attached hydrogens (tertiary/aromatic N) is 3.